The number of fused-ring (bicyclic) bond motifs is 3. The molecule has 1 atom stereocenters. The van der Waals surface area contributed by atoms with Gasteiger partial charge < -0.3 is 33.3 Å². The largest absolute Gasteiger partial charge is 0.480 e. The summed E-state index contributed by atoms with van der Waals surface area (Å²) in [4.78, 5) is 26.0. The molecule has 0 saturated heterocycles. The molecule has 1 aliphatic rings. The quantitative estimate of drug-likeness (QED) is 0.176. The summed E-state index contributed by atoms with van der Waals surface area (Å²) in [6, 6.07) is 14.7. The summed E-state index contributed by atoms with van der Waals surface area (Å²) in [7, 11) is -1.95. The zero-order chi connectivity index (χ0) is 30.0. The third kappa shape index (κ3) is 8.72. The first kappa shape index (κ1) is 32.9. The Labute approximate surface area is 240 Å². The molecule has 0 radical (unpaired) electrons. The molecule has 14 heteroatoms. The molecule has 2 aromatic carbocycles. The van der Waals surface area contributed by atoms with Crippen LogP contribution in [0.3, 0.4) is 0 Å². The molecule has 2 aromatic rings. The van der Waals surface area contributed by atoms with E-state index in [1.165, 1.54) is 28.4 Å². The Morgan fingerprint density at radius 2 is 1.34 bits per heavy atom. The minimum absolute atomic E-state index is 0.0687. The van der Waals surface area contributed by atoms with E-state index in [1.54, 1.807) is 4.90 Å². The van der Waals surface area contributed by atoms with Gasteiger partial charge in [0.25, 0.3) is 0 Å². The molecule has 1 amide bonds. The van der Waals surface area contributed by atoms with Crippen LogP contribution in [-0.4, -0.2) is 82.3 Å². The number of amides is 1. The SMILES string of the molecule is COP(=O)(CN(CCCCC(NC(=O)OCC1c2ccccc2-c2ccccc21)C(=O)O)CP(=O)(OC)OC)OC. The number of rotatable bonds is 17. The van der Waals surface area contributed by atoms with Crippen molar-refractivity contribution in [3.63, 3.8) is 0 Å². The number of nitrogens with one attached hydrogen (secondary N) is 1. The highest BCUT2D eigenvalue weighted by Crippen LogP contribution is 2.51. The number of alkyl carbamates (subject to hydrolysis) is 1. The van der Waals surface area contributed by atoms with E-state index in [1.807, 2.05) is 48.5 Å². The van der Waals surface area contributed by atoms with Crippen LogP contribution in [0.4, 0.5) is 4.79 Å². The predicted molar refractivity (Wildman–Crippen MR) is 153 cm³/mol. The number of hydrogen-bond acceptors (Lipinski definition) is 10. The van der Waals surface area contributed by atoms with Gasteiger partial charge in [0.15, 0.2) is 0 Å². The first-order chi connectivity index (χ1) is 19.6. The van der Waals surface area contributed by atoms with E-state index in [0.717, 1.165) is 22.3 Å². The number of carbonyl (C=O) groups excluding carboxylic acids is 1. The second-order valence-electron chi connectivity index (χ2n) is 9.49. The monoisotopic (exact) mass is 612 g/mol. The zero-order valence-corrected chi connectivity index (χ0v) is 25.5. The number of aliphatic carboxylic acids is 1. The van der Waals surface area contributed by atoms with Gasteiger partial charge in [-0.2, -0.15) is 0 Å². The highest BCUT2D eigenvalue weighted by Gasteiger charge is 2.32. The van der Waals surface area contributed by atoms with Gasteiger partial charge in [-0.05, 0) is 48.1 Å². The Balaban J connectivity index is 1.54. The third-order valence-corrected chi connectivity index (χ3v) is 10.7. The summed E-state index contributed by atoms with van der Waals surface area (Å²) in [5.41, 5.74) is 4.29. The van der Waals surface area contributed by atoms with E-state index in [9.17, 15) is 23.8 Å². The average Bonchev–Trinajstić information content (AvgIpc) is 3.30. The van der Waals surface area contributed by atoms with E-state index in [2.05, 4.69) is 5.32 Å². The Morgan fingerprint density at radius 1 is 0.854 bits per heavy atom. The molecule has 0 aromatic heterocycles. The molecular formula is C27H38N2O10P2. The van der Waals surface area contributed by atoms with E-state index in [0.29, 0.717) is 12.8 Å². The minimum atomic E-state index is -3.48. The van der Waals surface area contributed by atoms with Crippen molar-refractivity contribution in [1.82, 2.24) is 10.2 Å². The summed E-state index contributed by atoms with van der Waals surface area (Å²) in [5.74, 6) is -1.34. The van der Waals surface area contributed by atoms with Crippen LogP contribution in [0.1, 0.15) is 36.3 Å². The number of ether oxygens (including phenoxy) is 1. The molecule has 0 aliphatic heterocycles. The maximum Gasteiger partial charge on any atom is 0.407 e. The number of benzene rings is 2. The summed E-state index contributed by atoms with van der Waals surface area (Å²) in [6.07, 6.45) is -0.231. The van der Waals surface area contributed by atoms with Crippen LogP contribution < -0.4 is 5.32 Å². The molecule has 41 heavy (non-hydrogen) atoms. The minimum Gasteiger partial charge on any atom is -0.480 e. The molecule has 0 saturated carbocycles. The second-order valence-corrected chi connectivity index (χ2v) is 14.0. The van der Waals surface area contributed by atoms with Crippen LogP contribution in [0, 0.1) is 0 Å². The number of carbonyl (C=O) groups is 2. The Morgan fingerprint density at radius 3 is 1.80 bits per heavy atom. The lowest BCUT2D eigenvalue weighted by Crippen LogP contribution is -2.41. The van der Waals surface area contributed by atoms with Crippen LogP contribution >= 0.6 is 15.2 Å². The molecule has 0 bridgehead atoms. The third-order valence-electron chi connectivity index (χ3n) is 7.01. The maximum absolute atomic E-state index is 12.7. The Kier molecular flexibility index (Phi) is 12.1. The van der Waals surface area contributed by atoms with Crippen LogP contribution in [0.25, 0.3) is 11.1 Å². The van der Waals surface area contributed by atoms with Crippen molar-refractivity contribution in [3.05, 3.63) is 59.7 Å². The molecule has 3 rings (SSSR count). The smallest absolute Gasteiger partial charge is 0.407 e. The van der Waals surface area contributed by atoms with Crippen molar-refractivity contribution in [3.8, 4) is 11.1 Å². The van der Waals surface area contributed by atoms with E-state index >= 15 is 0 Å². The maximum atomic E-state index is 12.7. The molecule has 0 heterocycles. The van der Waals surface area contributed by atoms with Gasteiger partial charge >= 0.3 is 27.3 Å². The Hall–Kier alpha value is -2.56. The van der Waals surface area contributed by atoms with Gasteiger partial charge in [-0.25, -0.2) is 9.59 Å². The van der Waals surface area contributed by atoms with Gasteiger partial charge in [0.2, 0.25) is 0 Å². The van der Waals surface area contributed by atoms with Crippen molar-refractivity contribution in [1.29, 1.82) is 0 Å². The standard InChI is InChI=1S/C27H38N2O10P2/c1-35-40(33,36-2)18-29(19-41(34,37-3)38-4)16-10-9-15-25(26(30)31)28-27(32)39-17-24-22-13-7-5-11-20(22)21-12-6-8-14-23(21)24/h5-8,11-14,24-25H,9-10,15-19H2,1-4H3,(H,28,32)(H,30,31). The van der Waals surface area contributed by atoms with Crippen LogP contribution in [0.2, 0.25) is 0 Å². The van der Waals surface area contributed by atoms with E-state index in [4.69, 9.17) is 22.8 Å². The second kappa shape index (κ2) is 15.1. The van der Waals surface area contributed by atoms with Crippen molar-refractivity contribution in [2.24, 2.45) is 0 Å². The zero-order valence-electron chi connectivity index (χ0n) is 23.7. The molecule has 12 nitrogen and oxygen atoms in total. The lowest BCUT2D eigenvalue weighted by atomic mass is 9.98. The number of carboxylic acids is 1. The lowest BCUT2D eigenvalue weighted by molar-refractivity contribution is -0.139. The van der Waals surface area contributed by atoms with Gasteiger partial charge in [-0.1, -0.05) is 48.5 Å². The highest BCUT2D eigenvalue weighted by molar-refractivity contribution is 7.54. The van der Waals surface area contributed by atoms with Crippen molar-refractivity contribution >= 4 is 27.3 Å². The van der Waals surface area contributed by atoms with Crippen molar-refractivity contribution in [2.45, 2.75) is 31.2 Å². The van der Waals surface area contributed by atoms with Crippen molar-refractivity contribution < 1.29 is 46.7 Å². The number of carboxylic acid groups (broad SMARTS) is 1. The van der Waals surface area contributed by atoms with Gasteiger partial charge in [0.05, 0.1) is 0 Å². The number of unbranched alkanes of at least 4 members (excludes halogenated alkanes) is 1. The van der Waals surface area contributed by atoms with Crippen LogP contribution in [0.5, 0.6) is 0 Å². The normalized spacial score (nSPS) is 14.0. The van der Waals surface area contributed by atoms with Crippen LogP contribution in [-0.2, 0) is 36.8 Å². The summed E-state index contributed by atoms with van der Waals surface area (Å²) < 4.78 is 50.8. The topological polar surface area (TPSA) is 150 Å². The molecular weight excluding hydrogens is 574 g/mol. The molecule has 1 unspecified atom stereocenters. The summed E-state index contributed by atoms with van der Waals surface area (Å²) >= 11 is 0. The van der Waals surface area contributed by atoms with Crippen molar-refractivity contribution in [2.75, 3.05) is 54.2 Å². The fraction of sp³-hybridized carbons (Fsp3) is 0.481. The van der Waals surface area contributed by atoms with Gasteiger partial charge in [-0.15, -0.1) is 0 Å². The van der Waals surface area contributed by atoms with E-state index in [-0.39, 0.29) is 38.1 Å². The fourth-order valence-corrected chi connectivity index (χ4v) is 7.16. The lowest BCUT2D eigenvalue weighted by Gasteiger charge is -2.28. The van der Waals surface area contributed by atoms with E-state index < -0.39 is 33.3 Å². The molecule has 1 aliphatic carbocycles. The fourth-order valence-electron chi connectivity index (χ4n) is 4.78. The molecule has 0 spiro atoms. The first-order valence-corrected chi connectivity index (χ1v) is 16.5. The summed E-state index contributed by atoms with van der Waals surface area (Å²) in [5, 5.41) is 12.1. The van der Waals surface area contributed by atoms with Gasteiger partial charge in [0.1, 0.15) is 25.2 Å². The number of nitrogens with zero attached hydrogens (tertiary/aromatic N) is 1. The summed E-state index contributed by atoms with van der Waals surface area (Å²) in [6.45, 7) is 0.337. The molecule has 226 valence electrons. The predicted octanol–water partition coefficient (Wildman–Crippen LogP) is 5.34. The average molecular weight is 613 g/mol. The highest BCUT2D eigenvalue weighted by atomic mass is 31.2. The first-order valence-electron chi connectivity index (χ1n) is 13.1. The number of hydrogen-bond donors (Lipinski definition) is 2. The molecule has 2 N–H and O–H groups in total. The van der Waals surface area contributed by atoms with Gasteiger partial charge in [-0.3, -0.25) is 14.0 Å². The Bertz CT molecular complexity index is 1200. The van der Waals surface area contributed by atoms with Crippen LogP contribution in [0.15, 0.2) is 48.5 Å². The van der Waals surface area contributed by atoms with Gasteiger partial charge in [0, 0.05) is 34.4 Å². The molecule has 0 fully saturated rings.